The van der Waals surface area contributed by atoms with Crippen LogP contribution in [0.15, 0.2) is 77.7 Å². The van der Waals surface area contributed by atoms with Crippen LogP contribution in [0.25, 0.3) is 0 Å². The summed E-state index contributed by atoms with van der Waals surface area (Å²) in [5.74, 6) is -0.849. The van der Waals surface area contributed by atoms with E-state index < -0.39 is 28.5 Å². The molecule has 0 heterocycles. The molecule has 2 amide bonds. The molecule has 0 spiro atoms. The quantitative estimate of drug-likeness (QED) is 0.330. The lowest BCUT2D eigenvalue weighted by molar-refractivity contribution is -0.140. The third-order valence-corrected chi connectivity index (χ3v) is 8.18. The van der Waals surface area contributed by atoms with Gasteiger partial charge >= 0.3 is 0 Å². The van der Waals surface area contributed by atoms with Crippen molar-refractivity contribution in [2.75, 3.05) is 17.4 Å². The van der Waals surface area contributed by atoms with E-state index in [1.54, 1.807) is 25.1 Å². The first kappa shape index (κ1) is 29.5. The molecular formula is C28H31Cl2N3O4S. The number of aryl methyl sites for hydroxylation is 1. The number of anilines is 1. The van der Waals surface area contributed by atoms with Crippen molar-refractivity contribution >= 4 is 50.7 Å². The van der Waals surface area contributed by atoms with E-state index in [0.717, 1.165) is 15.4 Å². The van der Waals surface area contributed by atoms with E-state index >= 15 is 0 Å². The van der Waals surface area contributed by atoms with Crippen molar-refractivity contribution in [3.63, 3.8) is 0 Å². The monoisotopic (exact) mass is 575 g/mol. The van der Waals surface area contributed by atoms with E-state index in [0.29, 0.717) is 13.0 Å². The molecule has 1 N–H and O–H groups in total. The average molecular weight is 577 g/mol. The lowest BCUT2D eigenvalue weighted by Gasteiger charge is -2.33. The van der Waals surface area contributed by atoms with Gasteiger partial charge in [-0.25, -0.2) is 8.42 Å². The van der Waals surface area contributed by atoms with Gasteiger partial charge in [0.05, 0.1) is 10.6 Å². The van der Waals surface area contributed by atoms with Gasteiger partial charge in [0.25, 0.3) is 10.0 Å². The Morgan fingerprint density at radius 2 is 1.53 bits per heavy atom. The number of sulfonamides is 1. The molecule has 1 atom stereocenters. The molecule has 38 heavy (non-hydrogen) atoms. The van der Waals surface area contributed by atoms with Crippen LogP contribution in [0.1, 0.15) is 31.4 Å². The second-order valence-corrected chi connectivity index (χ2v) is 11.5. The summed E-state index contributed by atoms with van der Waals surface area (Å²) >= 11 is 12.4. The maximum Gasteiger partial charge on any atom is 0.264 e. The number of amides is 2. The summed E-state index contributed by atoms with van der Waals surface area (Å²) < 4.78 is 28.5. The van der Waals surface area contributed by atoms with Gasteiger partial charge in [-0.15, -0.1) is 0 Å². The van der Waals surface area contributed by atoms with E-state index in [4.69, 9.17) is 23.2 Å². The summed E-state index contributed by atoms with van der Waals surface area (Å²) in [5, 5.41) is 3.22. The summed E-state index contributed by atoms with van der Waals surface area (Å²) in [6.07, 6.45) is 0.345. The minimum absolute atomic E-state index is 0.00440. The molecule has 7 nitrogen and oxygen atoms in total. The van der Waals surface area contributed by atoms with E-state index in [9.17, 15) is 18.0 Å². The zero-order valence-electron chi connectivity index (χ0n) is 21.5. The Morgan fingerprint density at radius 3 is 2.08 bits per heavy atom. The topological polar surface area (TPSA) is 86.8 Å². The molecule has 0 radical (unpaired) electrons. The standard InChI is InChI=1S/C28H31Cl2N3O4S/c1-4-26(28(35)31-5-2)32(18-21-13-11-20(3)12-14-21)27(34)19-33(24-16-22(29)15-23(30)17-24)38(36,37)25-9-7-6-8-10-25/h6-17,26H,4-5,18-19H2,1-3H3,(H,31,35). The molecule has 202 valence electrons. The van der Waals surface area contributed by atoms with Crippen molar-refractivity contribution in [2.24, 2.45) is 0 Å². The van der Waals surface area contributed by atoms with Gasteiger partial charge in [0.15, 0.2) is 0 Å². The first-order valence-corrected chi connectivity index (χ1v) is 14.4. The summed E-state index contributed by atoms with van der Waals surface area (Å²) in [5.41, 5.74) is 2.01. The Labute approximate surface area is 234 Å². The number of benzene rings is 3. The van der Waals surface area contributed by atoms with Gasteiger partial charge in [0.2, 0.25) is 11.8 Å². The molecule has 3 aromatic rings. The number of likely N-dealkylation sites (N-methyl/N-ethyl adjacent to an activating group) is 1. The van der Waals surface area contributed by atoms with Gasteiger partial charge in [-0.3, -0.25) is 13.9 Å². The van der Waals surface area contributed by atoms with Crippen molar-refractivity contribution in [3.8, 4) is 0 Å². The highest BCUT2D eigenvalue weighted by Crippen LogP contribution is 2.30. The normalized spacial score (nSPS) is 12.0. The molecule has 0 aliphatic rings. The van der Waals surface area contributed by atoms with Crippen LogP contribution in [0.3, 0.4) is 0 Å². The number of halogens is 2. The highest BCUT2D eigenvalue weighted by molar-refractivity contribution is 7.92. The fourth-order valence-corrected chi connectivity index (χ4v) is 5.97. The number of rotatable bonds is 11. The van der Waals surface area contributed by atoms with Crippen LogP contribution in [0.2, 0.25) is 10.0 Å². The zero-order valence-corrected chi connectivity index (χ0v) is 23.9. The van der Waals surface area contributed by atoms with E-state index in [1.165, 1.54) is 35.2 Å². The molecule has 0 aromatic heterocycles. The van der Waals surface area contributed by atoms with E-state index in [1.807, 2.05) is 38.1 Å². The van der Waals surface area contributed by atoms with Crippen LogP contribution in [-0.2, 0) is 26.2 Å². The molecule has 0 aliphatic carbocycles. The fraction of sp³-hybridized carbons (Fsp3) is 0.286. The van der Waals surface area contributed by atoms with Gasteiger partial charge in [-0.1, -0.05) is 78.2 Å². The minimum atomic E-state index is -4.19. The minimum Gasteiger partial charge on any atom is -0.355 e. The summed E-state index contributed by atoms with van der Waals surface area (Å²) in [6, 6.07) is 19.0. The lowest BCUT2D eigenvalue weighted by atomic mass is 10.1. The summed E-state index contributed by atoms with van der Waals surface area (Å²) in [7, 11) is -4.19. The number of nitrogens with zero attached hydrogens (tertiary/aromatic N) is 2. The average Bonchev–Trinajstić information content (AvgIpc) is 2.88. The summed E-state index contributed by atoms with van der Waals surface area (Å²) in [6.45, 7) is 5.54. The number of nitrogens with one attached hydrogen (secondary N) is 1. The van der Waals surface area contributed by atoms with Crippen LogP contribution >= 0.6 is 23.2 Å². The molecular weight excluding hydrogens is 545 g/mol. The first-order chi connectivity index (χ1) is 18.1. The number of hydrogen-bond donors (Lipinski definition) is 1. The van der Waals surface area contributed by atoms with E-state index in [-0.39, 0.29) is 33.1 Å². The Morgan fingerprint density at radius 1 is 0.921 bits per heavy atom. The van der Waals surface area contributed by atoms with Crippen LogP contribution < -0.4 is 9.62 Å². The molecule has 0 aliphatic heterocycles. The number of carbonyl (C=O) groups is 2. The van der Waals surface area contributed by atoms with Crippen molar-refractivity contribution in [1.82, 2.24) is 10.2 Å². The first-order valence-electron chi connectivity index (χ1n) is 12.2. The van der Waals surface area contributed by atoms with Gasteiger partial charge in [-0.2, -0.15) is 0 Å². The van der Waals surface area contributed by atoms with Gasteiger partial charge in [-0.05, 0) is 56.2 Å². The van der Waals surface area contributed by atoms with Crippen LogP contribution in [-0.4, -0.2) is 44.3 Å². The molecule has 0 saturated carbocycles. The molecule has 10 heteroatoms. The van der Waals surface area contributed by atoms with Gasteiger partial charge in [0.1, 0.15) is 12.6 Å². The Bertz CT molecular complexity index is 1350. The highest BCUT2D eigenvalue weighted by Gasteiger charge is 2.33. The maximum absolute atomic E-state index is 13.9. The Kier molecular flexibility index (Phi) is 10.2. The molecule has 1 unspecified atom stereocenters. The third kappa shape index (κ3) is 7.28. The maximum atomic E-state index is 13.9. The molecule has 0 bridgehead atoms. The molecule has 3 rings (SSSR count). The molecule has 0 fully saturated rings. The predicted octanol–water partition coefficient (Wildman–Crippen LogP) is 5.44. The lowest BCUT2D eigenvalue weighted by Crippen LogP contribution is -2.52. The van der Waals surface area contributed by atoms with Crippen LogP contribution in [0.5, 0.6) is 0 Å². The number of carbonyl (C=O) groups excluding carboxylic acids is 2. The Balaban J connectivity index is 2.07. The van der Waals surface area contributed by atoms with Crippen LogP contribution in [0.4, 0.5) is 5.69 Å². The van der Waals surface area contributed by atoms with Crippen molar-refractivity contribution in [1.29, 1.82) is 0 Å². The third-order valence-electron chi connectivity index (χ3n) is 5.96. The van der Waals surface area contributed by atoms with Crippen molar-refractivity contribution in [2.45, 2.75) is 44.7 Å². The number of hydrogen-bond acceptors (Lipinski definition) is 4. The van der Waals surface area contributed by atoms with Crippen molar-refractivity contribution < 1.29 is 18.0 Å². The van der Waals surface area contributed by atoms with Gasteiger partial charge < -0.3 is 10.2 Å². The van der Waals surface area contributed by atoms with Crippen molar-refractivity contribution in [3.05, 3.63) is 94.0 Å². The second-order valence-electron chi connectivity index (χ2n) is 8.78. The fourth-order valence-electron chi connectivity index (χ4n) is 4.03. The second kappa shape index (κ2) is 13.1. The van der Waals surface area contributed by atoms with Crippen LogP contribution in [0, 0.1) is 6.92 Å². The zero-order chi connectivity index (χ0) is 27.9. The van der Waals surface area contributed by atoms with Gasteiger partial charge in [0, 0.05) is 23.1 Å². The van der Waals surface area contributed by atoms with E-state index in [2.05, 4.69) is 5.32 Å². The smallest absolute Gasteiger partial charge is 0.264 e. The molecule has 3 aromatic carbocycles. The Hall–Kier alpha value is -3.07. The SMILES string of the molecule is CCNC(=O)C(CC)N(Cc1ccc(C)cc1)C(=O)CN(c1cc(Cl)cc(Cl)c1)S(=O)(=O)c1ccccc1. The molecule has 0 saturated heterocycles. The highest BCUT2D eigenvalue weighted by atomic mass is 35.5. The largest absolute Gasteiger partial charge is 0.355 e. The summed E-state index contributed by atoms with van der Waals surface area (Å²) in [4.78, 5) is 28.3. The predicted molar refractivity (Wildman–Crippen MR) is 152 cm³/mol.